The number of carbonyl (C=O) groups excluding carboxylic acids is 1. The molecule has 1 aliphatic heterocycles. The van der Waals surface area contributed by atoms with E-state index in [-0.39, 0.29) is 18.6 Å². The van der Waals surface area contributed by atoms with Crippen molar-refractivity contribution in [2.45, 2.75) is 37.6 Å². The van der Waals surface area contributed by atoms with Gasteiger partial charge in [-0.15, -0.1) is 0 Å². The number of benzene rings is 1. The van der Waals surface area contributed by atoms with Gasteiger partial charge in [0.1, 0.15) is 6.10 Å². The maximum Gasteiger partial charge on any atom is 0.334 e. The van der Waals surface area contributed by atoms with Crippen molar-refractivity contribution in [3.63, 3.8) is 0 Å². The van der Waals surface area contributed by atoms with E-state index in [1.54, 1.807) is 13.0 Å². The van der Waals surface area contributed by atoms with Gasteiger partial charge >= 0.3 is 5.97 Å². The third kappa shape index (κ3) is 1.71. The van der Waals surface area contributed by atoms with Crippen LogP contribution in [0.1, 0.15) is 36.0 Å². The zero-order valence-electron chi connectivity index (χ0n) is 10.7. The Morgan fingerprint density at radius 3 is 2.95 bits per heavy atom. The maximum absolute atomic E-state index is 11.7. The van der Waals surface area contributed by atoms with Crippen molar-refractivity contribution in [2.24, 2.45) is 0 Å². The number of rotatable bonds is 1. The summed E-state index contributed by atoms with van der Waals surface area (Å²) in [5.41, 5.74) is 1.77. The number of ether oxygens (including phenoxy) is 1. The number of esters is 1. The van der Waals surface area contributed by atoms with Crippen LogP contribution in [0, 0.1) is 0 Å². The molecule has 100 valence electrons. The summed E-state index contributed by atoms with van der Waals surface area (Å²) in [6.07, 6.45) is 0.00454. The average Bonchev–Trinajstić information content (AvgIpc) is 2.63. The summed E-state index contributed by atoms with van der Waals surface area (Å²) in [6, 6.07) is 5.43. The van der Waals surface area contributed by atoms with Crippen molar-refractivity contribution in [2.75, 3.05) is 0 Å². The van der Waals surface area contributed by atoms with Gasteiger partial charge in [-0.3, -0.25) is 0 Å². The van der Waals surface area contributed by atoms with Crippen molar-refractivity contribution in [3.8, 4) is 0 Å². The van der Waals surface area contributed by atoms with Gasteiger partial charge in [0, 0.05) is 12.0 Å². The van der Waals surface area contributed by atoms with Crippen molar-refractivity contribution in [3.05, 3.63) is 47.0 Å². The fraction of sp³-hybridized carbons (Fsp3) is 0.400. The average molecular weight is 260 g/mol. The van der Waals surface area contributed by atoms with Gasteiger partial charge in [-0.05, 0) is 23.6 Å². The summed E-state index contributed by atoms with van der Waals surface area (Å²) in [5.74, 6) is -0.609. The molecule has 0 aromatic heterocycles. The lowest BCUT2D eigenvalue weighted by Gasteiger charge is -2.37. The quantitative estimate of drug-likeness (QED) is 0.591. The third-order valence-electron chi connectivity index (χ3n) is 4.08. The topological polar surface area (TPSA) is 66.8 Å². The van der Waals surface area contributed by atoms with Gasteiger partial charge in [-0.25, -0.2) is 4.79 Å². The minimum absolute atomic E-state index is 0.0753. The molecule has 1 fully saturated rings. The van der Waals surface area contributed by atoms with Crippen LogP contribution in [-0.4, -0.2) is 22.3 Å². The van der Waals surface area contributed by atoms with Crippen LogP contribution in [0.4, 0.5) is 0 Å². The standard InChI is InChI=1S/C15H16O4/c1-8-13-10-5-9(7-16)3-4-11(10)15(2,18)6-12(13)19-14(8)17/h3-5,12-13,16,18H,1,6-7H2,2H3/t12-,13+,15-/m1/s1. The molecule has 0 saturated carbocycles. The predicted octanol–water partition coefficient (Wildman–Crippen LogP) is 1.36. The molecule has 19 heavy (non-hydrogen) atoms. The Morgan fingerprint density at radius 2 is 2.26 bits per heavy atom. The molecule has 4 heteroatoms. The SMILES string of the molecule is C=C1C(=O)O[C@@H]2C[C@@](C)(O)c3ccc(CO)cc3[C@H]12. The van der Waals surface area contributed by atoms with E-state index in [2.05, 4.69) is 6.58 Å². The first kappa shape index (κ1) is 12.4. The van der Waals surface area contributed by atoms with Gasteiger partial charge in [0.25, 0.3) is 0 Å². The van der Waals surface area contributed by atoms with E-state index in [4.69, 9.17) is 4.74 Å². The Kier molecular flexibility index (Phi) is 2.56. The molecule has 0 unspecified atom stereocenters. The van der Waals surface area contributed by atoms with E-state index in [9.17, 15) is 15.0 Å². The number of hydrogen-bond donors (Lipinski definition) is 2. The van der Waals surface area contributed by atoms with Crippen molar-refractivity contribution in [1.29, 1.82) is 0 Å². The predicted molar refractivity (Wildman–Crippen MR) is 68.3 cm³/mol. The molecule has 0 spiro atoms. The Hall–Kier alpha value is -1.65. The lowest BCUT2D eigenvalue weighted by molar-refractivity contribution is -0.141. The van der Waals surface area contributed by atoms with Gasteiger partial charge in [0.15, 0.2) is 0 Å². The van der Waals surface area contributed by atoms with Gasteiger partial charge in [-0.1, -0.05) is 24.8 Å². The van der Waals surface area contributed by atoms with Gasteiger partial charge in [-0.2, -0.15) is 0 Å². The molecule has 3 atom stereocenters. The summed E-state index contributed by atoms with van der Waals surface area (Å²) >= 11 is 0. The van der Waals surface area contributed by atoms with E-state index in [0.29, 0.717) is 12.0 Å². The monoisotopic (exact) mass is 260 g/mol. The van der Waals surface area contributed by atoms with E-state index in [0.717, 1.165) is 16.7 Å². The number of fused-ring (bicyclic) bond motifs is 3. The summed E-state index contributed by atoms with van der Waals surface area (Å²) in [4.78, 5) is 11.7. The van der Waals surface area contributed by atoms with Crippen LogP contribution >= 0.6 is 0 Å². The van der Waals surface area contributed by atoms with Gasteiger partial charge in [0.05, 0.1) is 18.1 Å². The molecule has 1 saturated heterocycles. The highest BCUT2D eigenvalue weighted by Gasteiger charge is 2.49. The Balaban J connectivity index is 2.19. The molecule has 1 aromatic rings. The minimum Gasteiger partial charge on any atom is -0.458 e. The van der Waals surface area contributed by atoms with Crippen molar-refractivity contribution >= 4 is 5.97 Å². The van der Waals surface area contributed by atoms with E-state index >= 15 is 0 Å². The molecule has 2 N–H and O–H groups in total. The Labute approximate surface area is 111 Å². The number of hydrogen-bond acceptors (Lipinski definition) is 4. The molecular weight excluding hydrogens is 244 g/mol. The zero-order valence-corrected chi connectivity index (χ0v) is 10.7. The fourth-order valence-corrected chi connectivity index (χ4v) is 3.14. The molecule has 4 nitrogen and oxygen atoms in total. The Bertz CT molecular complexity index is 574. The zero-order chi connectivity index (χ0) is 13.8. The number of aliphatic hydroxyl groups is 2. The molecular formula is C15H16O4. The first-order valence-electron chi connectivity index (χ1n) is 6.30. The van der Waals surface area contributed by atoms with Crippen LogP contribution < -0.4 is 0 Å². The van der Waals surface area contributed by atoms with Crippen LogP contribution in [0.15, 0.2) is 30.4 Å². The molecule has 1 aliphatic carbocycles. The van der Waals surface area contributed by atoms with Crippen LogP contribution in [0.5, 0.6) is 0 Å². The smallest absolute Gasteiger partial charge is 0.334 e. The van der Waals surface area contributed by atoms with Crippen LogP contribution in [0.25, 0.3) is 0 Å². The van der Waals surface area contributed by atoms with Crippen LogP contribution in [-0.2, 0) is 21.7 Å². The normalized spacial score (nSPS) is 32.8. The minimum atomic E-state index is -1.03. The summed E-state index contributed by atoms with van der Waals surface area (Å²) in [5, 5.41) is 19.8. The lowest BCUT2D eigenvalue weighted by atomic mass is 9.71. The second-order valence-corrected chi connectivity index (χ2v) is 5.50. The highest BCUT2D eigenvalue weighted by molar-refractivity contribution is 5.92. The van der Waals surface area contributed by atoms with E-state index in [1.165, 1.54) is 0 Å². The first-order valence-corrected chi connectivity index (χ1v) is 6.30. The molecule has 1 heterocycles. The van der Waals surface area contributed by atoms with Crippen molar-refractivity contribution in [1.82, 2.24) is 0 Å². The highest BCUT2D eigenvalue weighted by atomic mass is 16.6. The number of carbonyl (C=O) groups is 1. The molecule has 0 radical (unpaired) electrons. The molecule has 0 bridgehead atoms. The molecule has 0 amide bonds. The molecule has 3 rings (SSSR count). The van der Waals surface area contributed by atoms with E-state index < -0.39 is 11.6 Å². The summed E-state index contributed by atoms with van der Waals surface area (Å²) in [6.45, 7) is 5.45. The summed E-state index contributed by atoms with van der Waals surface area (Å²) in [7, 11) is 0. The van der Waals surface area contributed by atoms with Gasteiger partial charge in [0.2, 0.25) is 0 Å². The highest BCUT2D eigenvalue weighted by Crippen LogP contribution is 2.49. The Morgan fingerprint density at radius 1 is 1.53 bits per heavy atom. The molecule has 2 aliphatic rings. The lowest BCUT2D eigenvalue weighted by Crippen LogP contribution is -2.36. The van der Waals surface area contributed by atoms with E-state index in [1.807, 2.05) is 12.1 Å². The van der Waals surface area contributed by atoms with Crippen LogP contribution in [0.3, 0.4) is 0 Å². The maximum atomic E-state index is 11.7. The van der Waals surface area contributed by atoms with Crippen molar-refractivity contribution < 1.29 is 19.7 Å². The fourth-order valence-electron chi connectivity index (χ4n) is 3.14. The second kappa shape index (κ2) is 3.92. The molecule has 1 aromatic carbocycles. The summed E-state index contributed by atoms with van der Waals surface area (Å²) < 4.78 is 5.28. The third-order valence-corrected chi connectivity index (χ3v) is 4.08. The second-order valence-electron chi connectivity index (χ2n) is 5.50. The van der Waals surface area contributed by atoms with Gasteiger partial charge < -0.3 is 14.9 Å². The number of aliphatic hydroxyl groups excluding tert-OH is 1. The van der Waals surface area contributed by atoms with Crippen LogP contribution in [0.2, 0.25) is 0 Å². The largest absolute Gasteiger partial charge is 0.458 e. The first-order chi connectivity index (χ1) is 8.94.